The highest BCUT2D eigenvalue weighted by Gasteiger charge is 2.38. The molecule has 0 atom stereocenters. The molecule has 3 heterocycles. The minimum Gasteiger partial charge on any atom is -0.345 e. The van der Waals surface area contributed by atoms with Crippen LogP contribution >= 0.6 is 11.3 Å². The molecule has 0 spiro atoms. The smallest absolute Gasteiger partial charge is 0.315 e. The SMILES string of the molecule is CN1CCc2nc(NC(=O)C(=O)NC3CC(C)(C)NC(C)(C)C3)sc2C1. The second kappa shape index (κ2) is 6.90. The largest absolute Gasteiger partial charge is 0.345 e. The molecule has 1 fully saturated rings. The van der Waals surface area contributed by atoms with Crippen LogP contribution in [0.1, 0.15) is 51.1 Å². The van der Waals surface area contributed by atoms with Crippen LogP contribution in [0.2, 0.25) is 0 Å². The summed E-state index contributed by atoms with van der Waals surface area (Å²) in [6.45, 7) is 10.3. The molecule has 2 amide bonds. The van der Waals surface area contributed by atoms with Crippen molar-refractivity contribution in [2.75, 3.05) is 18.9 Å². The molecule has 0 aliphatic carbocycles. The molecule has 7 nitrogen and oxygen atoms in total. The lowest BCUT2D eigenvalue weighted by atomic mass is 9.79. The first-order valence-corrected chi connectivity index (χ1v) is 9.93. The number of rotatable bonds is 2. The highest BCUT2D eigenvalue weighted by molar-refractivity contribution is 7.16. The minimum atomic E-state index is -0.640. The molecule has 0 saturated carbocycles. The number of anilines is 1. The third-order valence-corrected chi connectivity index (χ3v) is 5.87. The van der Waals surface area contributed by atoms with Gasteiger partial charge in [-0.05, 0) is 47.6 Å². The number of fused-ring (bicyclic) bond motifs is 1. The van der Waals surface area contributed by atoms with E-state index in [1.165, 1.54) is 11.3 Å². The zero-order chi connectivity index (χ0) is 19.1. The molecular weight excluding hydrogens is 350 g/mol. The highest BCUT2D eigenvalue weighted by atomic mass is 32.1. The molecule has 2 aliphatic rings. The van der Waals surface area contributed by atoms with E-state index in [9.17, 15) is 9.59 Å². The summed E-state index contributed by atoms with van der Waals surface area (Å²) in [7, 11) is 2.07. The van der Waals surface area contributed by atoms with Gasteiger partial charge in [0.05, 0.1) is 5.69 Å². The van der Waals surface area contributed by atoms with Gasteiger partial charge in [-0.25, -0.2) is 4.98 Å². The lowest BCUT2D eigenvalue weighted by Crippen LogP contribution is -2.62. The first-order chi connectivity index (χ1) is 12.0. The van der Waals surface area contributed by atoms with Crippen molar-refractivity contribution in [3.8, 4) is 0 Å². The van der Waals surface area contributed by atoms with Crippen LogP contribution in [0.4, 0.5) is 5.13 Å². The van der Waals surface area contributed by atoms with E-state index in [1.807, 2.05) is 0 Å². The fourth-order valence-electron chi connectivity index (χ4n) is 4.21. The number of aromatic nitrogens is 1. The van der Waals surface area contributed by atoms with E-state index in [0.29, 0.717) is 5.13 Å². The summed E-state index contributed by atoms with van der Waals surface area (Å²) in [6.07, 6.45) is 2.45. The van der Waals surface area contributed by atoms with Gasteiger partial charge in [0, 0.05) is 41.5 Å². The van der Waals surface area contributed by atoms with Gasteiger partial charge in [0.1, 0.15) is 0 Å². The van der Waals surface area contributed by atoms with Crippen LogP contribution < -0.4 is 16.0 Å². The molecule has 0 bridgehead atoms. The van der Waals surface area contributed by atoms with E-state index in [0.717, 1.165) is 42.9 Å². The Hall–Kier alpha value is -1.51. The van der Waals surface area contributed by atoms with Gasteiger partial charge in [-0.2, -0.15) is 0 Å². The van der Waals surface area contributed by atoms with Crippen LogP contribution in [0.5, 0.6) is 0 Å². The van der Waals surface area contributed by atoms with Gasteiger partial charge in [-0.3, -0.25) is 14.9 Å². The van der Waals surface area contributed by atoms with Crippen molar-refractivity contribution in [2.45, 2.75) is 70.6 Å². The predicted molar refractivity (Wildman–Crippen MR) is 103 cm³/mol. The van der Waals surface area contributed by atoms with Crippen molar-refractivity contribution in [1.29, 1.82) is 0 Å². The molecule has 3 rings (SSSR count). The Morgan fingerprint density at radius 3 is 2.50 bits per heavy atom. The lowest BCUT2D eigenvalue weighted by Gasteiger charge is -2.46. The Morgan fingerprint density at radius 1 is 1.19 bits per heavy atom. The number of carbonyl (C=O) groups excluding carboxylic acids is 2. The van der Waals surface area contributed by atoms with E-state index in [2.05, 4.69) is 60.6 Å². The number of nitrogens with one attached hydrogen (secondary N) is 3. The summed E-state index contributed by atoms with van der Waals surface area (Å²) in [4.78, 5) is 32.5. The molecule has 8 heteroatoms. The van der Waals surface area contributed by atoms with Crippen LogP contribution in [-0.4, -0.2) is 52.4 Å². The van der Waals surface area contributed by atoms with Crippen LogP contribution in [0.15, 0.2) is 0 Å². The predicted octanol–water partition coefficient (Wildman–Crippen LogP) is 1.49. The van der Waals surface area contributed by atoms with Gasteiger partial charge in [0.2, 0.25) is 0 Å². The summed E-state index contributed by atoms with van der Waals surface area (Å²) in [5, 5.41) is 9.65. The fourth-order valence-corrected chi connectivity index (χ4v) is 5.29. The number of piperidine rings is 1. The van der Waals surface area contributed by atoms with Gasteiger partial charge in [-0.1, -0.05) is 0 Å². The number of likely N-dealkylation sites (N-methyl/N-ethyl adjacent to an activating group) is 1. The van der Waals surface area contributed by atoms with Gasteiger partial charge in [0.25, 0.3) is 0 Å². The molecule has 26 heavy (non-hydrogen) atoms. The van der Waals surface area contributed by atoms with Crippen molar-refractivity contribution in [2.24, 2.45) is 0 Å². The van der Waals surface area contributed by atoms with E-state index in [4.69, 9.17) is 0 Å². The first-order valence-electron chi connectivity index (χ1n) is 9.11. The second-order valence-electron chi connectivity index (χ2n) is 8.80. The molecule has 3 N–H and O–H groups in total. The summed E-state index contributed by atoms with van der Waals surface area (Å²) in [6, 6.07) is -0.0300. The standard InChI is InChI=1S/C18H29N5O2S/c1-17(2)8-11(9-18(3,4)22-17)19-14(24)15(25)21-16-20-12-6-7-23(5)10-13(12)26-16/h11,22H,6-10H2,1-5H3,(H,19,24)(H,20,21,25). The van der Waals surface area contributed by atoms with Gasteiger partial charge < -0.3 is 15.5 Å². The van der Waals surface area contributed by atoms with Crippen LogP contribution in [-0.2, 0) is 22.6 Å². The monoisotopic (exact) mass is 379 g/mol. The van der Waals surface area contributed by atoms with Crippen LogP contribution in [0.25, 0.3) is 0 Å². The normalized spacial score (nSPS) is 22.5. The molecule has 0 radical (unpaired) electrons. The van der Waals surface area contributed by atoms with Gasteiger partial charge >= 0.3 is 11.8 Å². The molecular formula is C18H29N5O2S. The molecule has 1 aromatic heterocycles. The maximum absolute atomic E-state index is 12.4. The van der Waals surface area contributed by atoms with Crippen molar-refractivity contribution < 1.29 is 9.59 Å². The zero-order valence-electron chi connectivity index (χ0n) is 16.2. The average Bonchev–Trinajstić information content (AvgIpc) is 2.84. The summed E-state index contributed by atoms with van der Waals surface area (Å²) >= 11 is 1.46. The first kappa shape index (κ1) is 19.3. The number of thiazole rings is 1. The van der Waals surface area contributed by atoms with Crippen LogP contribution in [0.3, 0.4) is 0 Å². The Bertz CT molecular complexity index is 696. The summed E-state index contributed by atoms with van der Waals surface area (Å²) in [5.41, 5.74) is 0.860. The van der Waals surface area contributed by atoms with Gasteiger partial charge in [0.15, 0.2) is 5.13 Å². The van der Waals surface area contributed by atoms with Crippen LogP contribution in [0, 0.1) is 0 Å². The number of amides is 2. The number of hydrogen-bond donors (Lipinski definition) is 3. The Balaban J connectivity index is 1.59. The van der Waals surface area contributed by atoms with Gasteiger partial charge in [-0.15, -0.1) is 11.3 Å². The molecule has 144 valence electrons. The van der Waals surface area contributed by atoms with Crippen molar-refractivity contribution >= 4 is 28.3 Å². The average molecular weight is 380 g/mol. The summed E-state index contributed by atoms with van der Waals surface area (Å²) < 4.78 is 0. The minimum absolute atomic E-state index is 0.0300. The third kappa shape index (κ3) is 4.61. The Labute approximate surface area is 158 Å². The number of hydrogen-bond acceptors (Lipinski definition) is 6. The Morgan fingerprint density at radius 2 is 1.85 bits per heavy atom. The fraction of sp³-hybridized carbons (Fsp3) is 0.722. The zero-order valence-corrected chi connectivity index (χ0v) is 17.0. The molecule has 0 aromatic carbocycles. The molecule has 1 saturated heterocycles. The molecule has 0 unspecified atom stereocenters. The second-order valence-corrected chi connectivity index (χ2v) is 9.89. The lowest BCUT2D eigenvalue weighted by molar-refractivity contribution is -0.137. The molecule has 1 aromatic rings. The van der Waals surface area contributed by atoms with Crippen molar-refractivity contribution in [3.63, 3.8) is 0 Å². The van der Waals surface area contributed by atoms with Crippen molar-refractivity contribution in [3.05, 3.63) is 10.6 Å². The maximum Gasteiger partial charge on any atom is 0.315 e. The van der Waals surface area contributed by atoms with E-state index in [-0.39, 0.29) is 17.1 Å². The third-order valence-electron chi connectivity index (χ3n) is 4.87. The number of nitrogens with zero attached hydrogens (tertiary/aromatic N) is 2. The van der Waals surface area contributed by atoms with Crippen molar-refractivity contribution in [1.82, 2.24) is 20.5 Å². The topological polar surface area (TPSA) is 86.4 Å². The van der Waals surface area contributed by atoms with E-state index < -0.39 is 11.8 Å². The van der Waals surface area contributed by atoms with E-state index in [1.54, 1.807) is 0 Å². The highest BCUT2D eigenvalue weighted by Crippen LogP contribution is 2.29. The summed E-state index contributed by atoms with van der Waals surface area (Å²) in [5.74, 6) is -1.23. The Kier molecular flexibility index (Phi) is 5.11. The maximum atomic E-state index is 12.4. The molecule has 2 aliphatic heterocycles. The number of carbonyl (C=O) groups is 2. The van der Waals surface area contributed by atoms with E-state index >= 15 is 0 Å². The quantitative estimate of drug-likeness (QED) is 0.678.